The first kappa shape index (κ1) is 15.4. The highest BCUT2D eigenvalue weighted by molar-refractivity contribution is 5.38. The topological polar surface area (TPSA) is 43.0 Å². The van der Waals surface area contributed by atoms with Gasteiger partial charge in [0.1, 0.15) is 17.3 Å². The number of halogens is 2. The van der Waals surface area contributed by atoms with Crippen LogP contribution in [-0.2, 0) is 13.1 Å². The zero-order valence-electron chi connectivity index (χ0n) is 12.9. The molecule has 0 aliphatic heterocycles. The van der Waals surface area contributed by atoms with Crippen LogP contribution in [0.25, 0.3) is 5.69 Å². The number of hydrogen-bond acceptors (Lipinski definition) is 3. The van der Waals surface area contributed by atoms with Crippen molar-refractivity contribution in [1.29, 1.82) is 0 Å². The van der Waals surface area contributed by atoms with Crippen LogP contribution in [0.5, 0.6) is 0 Å². The number of nitrogens with zero attached hydrogens (tertiary/aromatic N) is 2. The molecular formula is C17H17F2N3O. The molecule has 23 heavy (non-hydrogen) atoms. The fraction of sp³-hybridized carbons (Fsp3) is 0.235. The second-order valence-electron chi connectivity index (χ2n) is 5.34. The van der Waals surface area contributed by atoms with Crippen LogP contribution in [0.4, 0.5) is 8.78 Å². The van der Waals surface area contributed by atoms with Gasteiger partial charge < -0.3 is 9.73 Å². The average molecular weight is 317 g/mol. The maximum atomic E-state index is 14.0. The van der Waals surface area contributed by atoms with Crippen LogP contribution in [0.3, 0.4) is 0 Å². The highest BCUT2D eigenvalue weighted by Crippen LogP contribution is 2.20. The van der Waals surface area contributed by atoms with Crippen LogP contribution >= 0.6 is 0 Å². The van der Waals surface area contributed by atoms with Gasteiger partial charge in [0.15, 0.2) is 5.82 Å². The summed E-state index contributed by atoms with van der Waals surface area (Å²) in [4.78, 5) is 0. The Bertz CT molecular complexity index is 810. The molecular weight excluding hydrogens is 300 g/mol. The summed E-state index contributed by atoms with van der Waals surface area (Å²) in [6.45, 7) is 4.92. The van der Waals surface area contributed by atoms with E-state index >= 15 is 0 Å². The van der Waals surface area contributed by atoms with E-state index in [2.05, 4.69) is 10.4 Å². The number of benzene rings is 1. The van der Waals surface area contributed by atoms with Crippen LogP contribution in [0.1, 0.15) is 22.7 Å². The second kappa shape index (κ2) is 6.34. The van der Waals surface area contributed by atoms with Crippen molar-refractivity contribution in [3.05, 3.63) is 70.9 Å². The van der Waals surface area contributed by atoms with Crippen molar-refractivity contribution in [3.8, 4) is 5.69 Å². The summed E-state index contributed by atoms with van der Waals surface area (Å²) in [7, 11) is 0. The minimum atomic E-state index is -0.634. The van der Waals surface area contributed by atoms with E-state index in [0.29, 0.717) is 13.1 Å². The molecule has 0 saturated heterocycles. The Labute approximate surface area is 132 Å². The molecule has 0 aliphatic rings. The van der Waals surface area contributed by atoms with Crippen LogP contribution in [-0.4, -0.2) is 9.78 Å². The van der Waals surface area contributed by atoms with Gasteiger partial charge in [-0.2, -0.15) is 5.10 Å². The van der Waals surface area contributed by atoms with Crippen LogP contribution in [0.15, 0.2) is 41.0 Å². The van der Waals surface area contributed by atoms with Gasteiger partial charge in [-0.05, 0) is 38.1 Å². The van der Waals surface area contributed by atoms with E-state index in [1.807, 2.05) is 26.0 Å². The first-order valence-corrected chi connectivity index (χ1v) is 7.30. The average Bonchev–Trinajstić information content (AvgIpc) is 3.10. The van der Waals surface area contributed by atoms with Gasteiger partial charge in [-0.1, -0.05) is 0 Å². The molecule has 3 rings (SSSR count). The SMILES string of the molecule is Cc1nn(-c2ccc(F)cc2F)c(C)c1CNCc1ccco1. The highest BCUT2D eigenvalue weighted by atomic mass is 19.1. The van der Waals surface area contributed by atoms with Gasteiger partial charge in [-0.15, -0.1) is 0 Å². The van der Waals surface area contributed by atoms with E-state index in [1.165, 1.54) is 16.8 Å². The zero-order chi connectivity index (χ0) is 16.4. The third kappa shape index (κ3) is 3.17. The Kier molecular flexibility index (Phi) is 4.25. The lowest BCUT2D eigenvalue weighted by Crippen LogP contribution is -2.13. The van der Waals surface area contributed by atoms with E-state index in [4.69, 9.17) is 4.42 Å². The third-order valence-corrected chi connectivity index (χ3v) is 3.76. The molecule has 0 aliphatic carbocycles. The largest absolute Gasteiger partial charge is 0.468 e. The molecule has 0 radical (unpaired) electrons. The number of hydrogen-bond donors (Lipinski definition) is 1. The second-order valence-corrected chi connectivity index (χ2v) is 5.34. The Balaban J connectivity index is 1.81. The molecule has 3 aromatic rings. The smallest absolute Gasteiger partial charge is 0.151 e. The molecule has 0 bridgehead atoms. The van der Waals surface area contributed by atoms with E-state index in [9.17, 15) is 8.78 Å². The summed E-state index contributed by atoms with van der Waals surface area (Å²) in [6, 6.07) is 7.21. The first-order chi connectivity index (χ1) is 11.1. The molecule has 1 N–H and O–H groups in total. The Morgan fingerprint density at radius 1 is 1.17 bits per heavy atom. The monoisotopic (exact) mass is 317 g/mol. The molecule has 120 valence electrons. The summed E-state index contributed by atoms with van der Waals surface area (Å²) in [5, 5.41) is 7.65. The van der Waals surface area contributed by atoms with Crippen molar-refractivity contribution in [3.63, 3.8) is 0 Å². The molecule has 2 aromatic heterocycles. The lowest BCUT2D eigenvalue weighted by Gasteiger charge is -2.07. The van der Waals surface area contributed by atoms with Crippen molar-refractivity contribution in [2.45, 2.75) is 26.9 Å². The van der Waals surface area contributed by atoms with Gasteiger partial charge >= 0.3 is 0 Å². The minimum absolute atomic E-state index is 0.240. The molecule has 0 amide bonds. The predicted octanol–water partition coefficient (Wildman–Crippen LogP) is 3.65. The van der Waals surface area contributed by atoms with Crippen LogP contribution in [0.2, 0.25) is 0 Å². The summed E-state index contributed by atoms with van der Waals surface area (Å²) in [5.41, 5.74) is 2.85. The summed E-state index contributed by atoms with van der Waals surface area (Å²) in [6.07, 6.45) is 1.63. The first-order valence-electron chi connectivity index (χ1n) is 7.30. The normalized spacial score (nSPS) is 11.1. The molecule has 2 heterocycles. The van der Waals surface area contributed by atoms with Gasteiger partial charge in [0.25, 0.3) is 0 Å². The van der Waals surface area contributed by atoms with E-state index in [1.54, 1.807) is 6.26 Å². The minimum Gasteiger partial charge on any atom is -0.468 e. The Hall–Kier alpha value is -2.47. The number of nitrogens with one attached hydrogen (secondary N) is 1. The molecule has 0 spiro atoms. The van der Waals surface area contributed by atoms with Gasteiger partial charge in [-0.3, -0.25) is 0 Å². The summed E-state index contributed by atoms with van der Waals surface area (Å²) < 4.78 is 33.8. The van der Waals surface area contributed by atoms with Crippen molar-refractivity contribution >= 4 is 0 Å². The maximum absolute atomic E-state index is 14.0. The van der Waals surface area contributed by atoms with Crippen LogP contribution < -0.4 is 5.32 Å². The zero-order valence-corrected chi connectivity index (χ0v) is 12.9. The molecule has 4 nitrogen and oxygen atoms in total. The Morgan fingerprint density at radius 2 is 2.00 bits per heavy atom. The molecule has 0 fully saturated rings. The maximum Gasteiger partial charge on any atom is 0.151 e. The summed E-state index contributed by atoms with van der Waals surface area (Å²) in [5.74, 6) is -0.393. The standard InChI is InChI=1S/C17H17F2N3O/c1-11-15(10-20-9-14-4-3-7-23-14)12(2)22(21-11)17-6-5-13(18)8-16(17)19/h3-8,20H,9-10H2,1-2H3. The van der Waals surface area contributed by atoms with E-state index in [0.717, 1.165) is 28.8 Å². The van der Waals surface area contributed by atoms with Crippen molar-refractivity contribution in [2.24, 2.45) is 0 Å². The lowest BCUT2D eigenvalue weighted by atomic mass is 10.2. The quantitative estimate of drug-likeness (QED) is 0.781. The van der Waals surface area contributed by atoms with E-state index < -0.39 is 11.6 Å². The molecule has 1 aromatic carbocycles. The van der Waals surface area contributed by atoms with Crippen molar-refractivity contribution in [1.82, 2.24) is 15.1 Å². The lowest BCUT2D eigenvalue weighted by molar-refractivity contribution is 0.482. The molecule has 0 unspecified atom stereocenters. The number of furan rings is 1. The van der Waals surface area contributed by atoms with E-state index in [-0.39, 0.29) is 5.69 Å². The fourth-order valence-electron chi connectivity index (χ4n) is 2.54. The van der Waals surface area contributed by atoms with Gasteiger partial charge in [-0.25, -0.2) is 13.5 Å². The number of aryl methyl sites for hydroxylation is 1. The third-order valence-electron chi connectivity index (χ3n) is 3.76. The van der Waals surface area contributed by atoms with Crippen LogP contribution in [0, 0.1) is 25.5 Å². The highest BCUT2D eigenvalue weighted by Gasteiger charge is 2.15. The molecule has 0 atom stereocenters. The summed E-state index contributed by atoms with van der Waals surface area (Å²) >= 11 is 0. The van der Waals surface area contributed by atoms with Gasteiger partial charge in [0.2, 0.25) is 0 Å². The Morgan fingerprint density at radius 3 is 2.70 bits per heavy atom. The molecule has 0 saturated carbocycles. The number of rotatable bonds is 5. The van der Waals surface area contributed by atoms with Crippen molar-refractivity contribution in [2.75, 3.05) is 0 Å². The molecule has 6 heteroatoms. The van der Waals surface area contributed by atoms with Gasteiger partial charge in [0.05, 0.1) is 18.5 Å². The fourth-order valence-corrected chi connectivity index (χ4v) is 2.54. The van der Waals surface area contributed by atoms with Gasteiger partial charge in [0, 0.05) is 23.9 Å². The van der Waals surface area contributed by atoms with Crippen molar-refractivity contribution < 1.29 is 13.2 Å². The predicted molar refractivity (Wildman–Crippen MR) is 82.2 cm³/mol. The number of aromatic nitrogens is 2.